The predicted octanol–water partition coefficient (Wildman–Crippen LogP) is 3.60. The van der Waals surface area contributed by atoms with Crippen molar-refractivity contribution >= 4 is 5.91 Å². The fraction of sp³-hybridized carbons (Fsp3) is 0.789. The second-order valence-electron chi connectivity index (χ2n) is 8.44. The maximum atomic E-state index is 13.7. The third-order valence-electron chi connectivity index (χ3n) is 5.82. The summed E-state index contributed by atoms with van der Waals surface area (Å²) in [6.45, 7) is 8.31. The molecule has 3 heterocycles. The van der Waals surface area contributed by atoms with Crippen LogP contribution in [0.25, 0.3) is 0 Å². The minimum absolute atomic E-state index is 0.0944. The van der Waals surface area contributed by atoms with Crippen LogP contribution in [0.4, 0.5) is 13.2 Å². The molecule has 1 amide bonds. The molecule has 5 nitrogen and oxygen atoms in total. The molecule has 1 aromatic rings. The highest BCUT2D eigenvalue weighted by atomic mass is 19.4. The number of rotatable bonds is 2. The van der Waals surface area contributed by atoms with Gasteiger partial charge >= 0.3 is 6.18 Å². The maximum Gasteiger partial charge on any atom is 0.435 e. The minimum atomic E-state index is -4.64. The minimum Gasteiger partial charge on any atom is -0.338 e. The molecule has 0 radical (unpaired) electrons. The van der Waals surface area contributed by atoms with E-state index >= 15 is 0 Å². The second kappa shape index (κ2) is 7.45. The number of nitrogens with zero attached hydrogens (tertiary/aromatic N) is 4. The van der Waals surface area contributed by atoms with Gasteiger partial charge in [0.15, 0.2) is 5.69 Å². The average molecular weight is 386 g/mol. The molecule has 2 atom stereocenters. The Morgan fingerprint density at radius 1 is 1.11 bits per heavy atom. The molecule has 0 saturated carbocycles. The number of carbonyl (C=O) groups excluding carboxylic acids is 1. The Balaban J connectivity index is 1.96. The number of hydrogen-bond donors (Lipinski definition) is 0. The van der Waals surface area contributed by atoms with Gasteiger partial charge in [-0.1, -0.05) is 13.8 Å². The van der Waals surface area contributed by atoms with Crippen LogP contribution < -0.4 is 0 Å². The van der Waals surface area contributed by atoms with Gasteiger partial charge in [0.25, 0.3) is 5.91 Å². The second-order valence-corrected chi connectivity index (χ2v) is 8.44. The van der Waals surface area contributed by atoms with Crippen LogP contribution >= 0.6 is 0 Å². The lowest BCUT2D eigenvalue weighted by Gasteiger charge is -2.35. The molecule has 2 aliphatic rings. The fourth-order valence-electron chi connectivity index (χ4n) is 4.56. The van der Waals surface area contributed by atoms with Gasteiger partial charge in [0, 0.05) is 18.8 Å². The maximum absolute atomic E-state index is 13.7. The molecule has 27 heavy (non-hydrogen) atoms. The van der Waals surface area contributed by atoms with Crippen LogP contribution in [0, 0.1) is 18.8 Å². The largest absolute Gasteiger partial charge is 0.435 e. The van der Waals surface area contributed by atoms with Gasteiger partial charge in [-0.05, 0) is 58.2 Å². The van der Waals surface area contributed by atoms with E-state index in [1.807, 2.05) is 20.9 Å². The highest BCUT2D eigenvalue weighted by Crippen LogP contribution is 2.36. The molecule has 2 aliphatic heterocycles. The number of amides is 1. The lowest BCUT2D eigenvalue weighted by atomic mass is 9.91. The Hall–Kier alpha value is -1.57. The number of carbonyl (C=O) groups is 1. The van der Waals surface area contributed by atoms with E-state index < -0.39 is 17.8 Å². The molecule has 3 rings (SSSR count). The van der Waals surface area contributed by atoms with E-state index in [0.717, 1.165) is 32.4 Å². The molecular formula is C19H29F3N4O. The SMILES string of the molecule is Cc1c(C(=O)N2C[C@H](C)C[C@H](C)C2)c(C(F)(F)F)nn1C1CCN(C)CC1. The quantitative estimate of drug-likeness (QED) is 0.780. The number of hydrogen-bond acceptors (Lipinski definition) is 3. The van der Waals surface area contributed by atoms with Crippen LogP contribution in [0.3, 0.4) is 0 Å². The average Bonchev–Trinajstić information content (AvgIpc) is 2.91. The Morgan fingerprint density at radius 2 is 1.67 bits per heavy atom. The van der Waals surface area contributed by atoms with Crippen molar-refractivity contribution < 1.29 is 18.0 Å². The molecule has 1 aromatic heterocycles. The molecule has 2 fully saturated rings. The first-order chi connectivity index (χ1) is 12.6. The van der Waals surface area contributed by atoms with Crippen molar-refractivity contribution in [1.82, 2.24) is 19.6 Å². The van der Waals surface area contributed by atoms with E-state index in [0.29, 0.717) is 18.8 Å². The summed E-state index contributed by atoms with van der Waals surface area (Å²) in [5.41, 5.74) is -0.953. The lowest BCUT2D eigenvalue weighted by Crippen LogP contribution is -2.43. The molecule has 0 bridgehead atoms. The Labute approximate surface area is 158 Å². The number of halogens is 3. The van der Waals surface area contributed by atoms with Crippen molar-refractivity contribution in [1.29, 1.82) is 0 Å². The first kappa shape index (κ1) is 20.2. The summed E-state index contributed by atoms with van der Waals surface area (Å²) in [5, 5.41) is 3.91. The van der Waals surface area contributed by atoms with Crippen LogP contribution in [0.2, 0.25) is 0 Å². The van der Waals surface area contributed by atoms with Crippen molar-refractivity contribution in [2.45, 2.75) is 52.3 Å². The van der Waals surface area contributed by atoms with Crippen molar-refractivity contribution in [3.05, 3.63) is 17.0 Å². The van der Waals surface area contributed by atoms with Crippen molar-refractivity contribution in [2.75, 3.05) is 33.2 Å². The molecule has 0 aromatic carbocycles. The predicted molar refractivity (Wildman–Crippen MR) is 96.6 cm³/mol. The summed E-state index contributed by atoms with van der Waals surface area (Å²) in [6.07, 6.45) is -2.17. The van der Waals surface area contributed by atoms with Crippen LogP contribution in [-0.4, -0.2) is 58.7 Å². The number of likely N-dealkylation sites (tertiary alicyclic amines) is 2. The van der Waals surface area contributed by atoms with Gasteiger partial charge in [0.2, 0.25) is 0 Å². The zero-order valence-electron chi connectivity index (χ0n) is 16.5. The monoisotopic (exact) mass is 386 g/mol. The summed E-state index contributed by atoms with van der Waals surface area (Å²) < 4.78 is 42.5. The lowest BCUT2D eigenvalue weighted by molar-refractivity contribution is -0.142. The Morgan fingerprint density at radius 3 is 2.19 bits per heavy atom. The van der Waals surface area contributed by atoms with Crippen LogP contribution in [-0.2, 0) is 6.18 Å². The topological polar surface area (TPSA) is 41.4 Å². The standard InChI is InChI=1S/C19H29F3N4O/c1-12-9-13(2)11-25(10-12)18(27)16-14(3)26(23-17(16)19(20,21)22)15-5-7-24(4)8-6-15/h12-13,15H,5-11H2,1-4H3/t12-,13+. The third-order valence-corrected chi connectivity index (χ3v) is 5.82. The van der Waals surface area contributed by atoms with E-state index in [9.17, 15) is 18.0 Å². The molecule has 2 saturated heterocycles. The van der Waals surface area contributed by atoms with Crippen molar-refractivity contribution in [2.24, 2.45) is 11.8 Å². The van der Waals surface area contributed by atoms with Gasteiger partial charge in [-0.3, -0.25) is 9.48 Å². The highest BCUT2D eigenvalue weighted by molar-refractivity contribution is 5.96. The fourth-order valence-corrected chi connectivity index (χ4v) is 4.56. The van der Waals surface area contributed by atoms with Gasteiger partial charge < -0.3 is 9.80 Å². The van der Waals surface area contributed by atoms with E-state index in [4.69, 9.17) is 0 Å². The summed E-state index contributed by atoms with van der Waals surface area (Å²) in [4.78, 5) is 16.8. The normalized spacial score (nSPS) is 25.8. The van der Waals surface area contributed by atoms with Crippen molar-refractivity contribution in [3.63, 3.8) is 0 Å². The number of aromatic nitrogens is 2. The van der Waals surface area contributed by atoms with Crippen LogP contribution in [0.1, 0.15) is 60.9 Å². The summed E-state index contributed by atoms with van der Waals surface area (Å²) >= 11 is 0. The molecule has 0 N–H and O–H groups in total. The van der Waals surface area contributed by atoms with Crippen molar-refractivity contribution in [3.8, 4) is 0 Å². The van der Waals surface area contributed by atoms with Gasteiger partial charge in [-0.2, -0.15) is 18.3 Å². The number of alkyl halides is 3. The van der Waals surface area contributed by atoms with E-state index in [1.54, 1.807) is 11.8 Å². The first-order valence-corrected chi connectivity index (χ1v) is 9.72. The molecule has 152 valence electrons. The smallest absolute Gasteiger partial charge is 0.338 e. The van der Waals surface area contributed by atoms with Crippen LogP contribution in [0.5, 0.6) is 0 Å². The van der Waals surface area contributed by atoms with Gasteiger partial charge in [0.05, 0.1) is 11.6 Å². The van der Waals surface area contributed by atoms with E-state index in [-0.39, 0.29) is 23.4 Å². The third kappa shape index (κ3) is 4.15. The summed E-state index contributed by atoms with van der Waals surface area (Å²) in [5.74, 6) is 0.0462. The molecule has 0 aliphatic carbocycles. The highest BCUT2D eigenvalue weighted by Gasteiger charge is 2.43. The first-order valence-electron chi connectivity index (χ1n) is 9.72. The molecule has 8 heteroatoms. The van der Waals surface area contributed by atoms with Gasteiger partial charge in [-0.25, -0.2) is 0 Å². The molecule has 0 unspecified atom stereocenters. The Kier molecular flexibility index (Phi) is 5.57. The zero-order chi connectivity index (χ0) is 19.9. The molecular weight excluding hydrogens is 357 g/mol. The number of piperidine rings is 2. The zero-order valence-corrected chi connectivity index (χ0v) is 16.5. The van der Waals surface area contributed by atoms with Gasteiger partial charge in [0.1, 0.15) is 0 Å². The summed E-state index contributed by atoms with van der Waals surface area (Å²) in [7, 11) is 2.00. The van der Waals surface area contributed by atoms with Gasteiger partial charge in [-0.15, -0.1) is 0 Å². The Bertz CT molecular complexity index is 682. The summed E-state index contributed by atoms with van der Waals surface area (Å²) in [6, 6.07) is -0.0944. The van der Waals surface area contributed by atoms with E-state index in [2.05, 4.69) is 10.00 Å². The molecule has 0 spiro atoms. The van der Waals surface area contributed by atoms with E-state index in [1.165, 1.54) is 4.68 Å². The van der Waals surface area contributed by atoms with Crippen LogP contribution in [0.15, 0.2) is 0 Å².